The van der Waals surface area contributed by atoms with Gasteiger partial charge in [0.2, 0.25) is 5.91 Å². The van der Waals surface area contributed by atoms with E-state index in [4.69, 9.17) is 22.4 Å². The molecule has 3 N–H and O–H groups in total. The lowest BCUT2D eigenvalue weighted by Crippen LogP contribution is -2.50. The van der Waals surface area contributed by atoms with Crippen LogP contribution in [0.3, 0.4) is 0 Å². The summed E-state index contributed by atoms with van der Waals surface area (Å²) in [4.78, 5) is 29.7. The topological polar surface area (TPSA) is 144 Å². The van der Waals surface area contributed by atoms with Crippen LogP contribution in [0.1, 0.15) is 45.7 Å². The van der Waals surface area contributed by atoms with Gasteiger partial charge in [-0.2, -0.15) is 21.6 Å². The first-order valence-corrected chi connectivity index (χ1v) is 13.1. The van der Waals surface area contributed by atoms with Crippen molar-refractivity contribution in [1.29, 1.82) is 0 Å². The molecule has 212 valence electrons. The maximum absolute atomic E-state index is 13.0. The van der Waals surface area contributed by atoms with Crippen LogP contribution in [0.4, 0.5) is 23.7 Å². The summed E-state index contributed by atoms with van der Waals surface area (Å²) in [6.45, 7) is 7.40. The predicted molar refractivity (Wildman–Crippen MR) is 134 cm³/mol. The highest BCUT2D eigenvalue weighted by Gasteiger charge is 2.44. The van der Waals surface area contributed by atoms with Crippen molar-refractivity contribution in [2.45, 2.75) is 70.2 Å². The molecule has 1 aromatic carbocycles. The van der Waals surface area contributed by atoms with Crippen molar-refractivity contribution in [3.8, 4) is 0 Å². The Kier molecular flexibility index (Phi) is 10.1. The van der Waals surface area contributed by atoms with Crippen molar-refractivity contribution in [1.82, 2.24) is 10.3 Å². The summed E-state index contributed by atoms with van der Waals surface area (Å²) >= 11 is 0. The Hall–Kier alpha value is -2.97. The molecule has 2 aromatic rings. The van der Waals surface area contributed by atoms with Gasteiger partial charge in [0.15, 0.2) is 0 Å². The van der Waals surface area contributed by atoms with Crippen LogP contribution in [-0.4, -0.2) is 60.3 Å². The lowest BCUT2D eigenvalue weighted by Gasteiger charge is -2.35. The van der Waals surface area contributed by atoms with Crippen molar-refractivity contribution in [2.24, 2.45) is 5.92 Å². The quantitative estimate of drug-likeness (QED) is 0.362. The van der Waals surface area contributed by atoms with Gasteiger partial charge in [0.1, 0.15) is 5.60 Å². The molecule has 3 atom stereocenters. The van der Waals surface area contributed by atoms with Gasteiger partial charge in [-0.3, -0.25) is 14.3 Å². The predicted octanol–water partition coefficient (Wildman–Crippen LogP) is 4.58. The molecule has 1 saturated carbocycles. The zero-order valence-electron chi connectivity index (χ0n) is 21.6. The third-order valence-corrected chi connectivity index (χ3v) is 6.16. The molecule has 1 fully saturated rings. The number of nitrogens with zero attached hydrogens (tertiary/aromatic N) is 1. The molecule has 10 nitrogen and oxygen atoms in total. The van der Waals surface area contributed by atoms with Crippen molar-refractivity contribution < 1.29 is 45.2 Å². The molecule has 0 aliphatic heterocycles. The van der Waals surface area contributed by atoms with E-state index < -0.39 is 27.3 Å². The second-order valence-corrected chi connectivity index (χ2v) is 11.2. The second-order valence-electron chi connectivity index (χ2n) is 9.78. The summed E-state index contributed by atoms with van der Waals surface area (Å²) in [5.41, 5.74) is -3.70. The van der Waals surface area contributed by atoms with E-state index in [0.29, 0.717) is 24.9 Å². The summed E-state index contributed by atoms with van der Waals surface area (Å²) in [5, 5.41) is 6.92. The first kappa shape index (κ1) is 31.2. The van der Waals surface area contributed by atoms with Crippen LogP contribution in [0, 0.1) is 12.8 Å². The number of hydrogen-bond acceptors (Lipinski definition) is 7. The third kappa shape index (κ3) is 9.10. The monoisotopic (exact) mass is 563 g/mol. The summed E-state index contributed by atoms with van der Waals surface area (Å²) in [6.07, 6.45) is 1.11. The second kappa shape index (κ2) is 12.3. The van der Waals surface area contributed by atoms with Crippen LogP contribution >= 0.6 is 0 Å². The molecule has 1 aliphatic carbocycles. The fourth-order valence-electron chi connectivity index (χ4n) is 3.83. The number of pyridine rings is 1. The van der Waals surface area contributed by atoms with Crippen LogP contribution in [0.15, 0.2) is 30.3 Å². The molecule has 14 heteroatoms. The number of fused-ring (bicyclic) bond motifs is 1. The van der Waals surface area contributed by atoms with Crippen molar-refractivity contribution >= 4 is 38.7 Å². The molecule has 0 spiro atoms. The van der Waals surface area contributed by atoms with E-state index in [-0.39, 0.29) is 24.0 Å². The number of carbonyl (C=O) groups excluding carboxylic acids is 2. The third-order valence-electron chi connectivity index (χ3n) is 5.58. The highest BCUT2D eigenvalue weighted by molar-refractivity contribution is 7.86. The van der Waals surface area contributed by atoms with Crippen molar-refractivity contribution in [2.75, 3.05) is 12.4 Å². The Morgan fingerprint density at radius 2 is 1.74 bits per heavy atom. The molecular weight excluding hydrogens is 531 g/mol. The minimum absolute atomic E-state index is 0.0522. The molecule has 0 bridgehead atoms. The zero-order chi connectivity index (χ0) is 28.9. The SMILES string of the molecule is CO[C@@H]1C[C@H](C(=O)Nc2cccc3ccc(C)nc23)CC[C@H]1NC(=O)OC(C)(C)C.O=S(=O)(O)C(F)(F)F. The Morgan fingerprint density at radius 1 is 1.11 bits per heavy atom. The van der Waals surface area contributed by atoms with Gasteiger partial charge in [-0.25, -0.2) is 4.79 Å². The molecule has 0 saturated heterocycles. The summed E-state index contributed by atoms with van der Waals surface area (Å²) in [7, 11) is -4.24. The number of alkyl carbamates (subject to hydrolysis) is 1. The first-order valence-electron chi connectivity index (χ1n) is 11.6. The molecular formula is C24H32F3N3O7S. The van der Waals surface area contributed by atoms with E-state index in [9.17, 15) is 22.8 Å². The lowest BCUT2D eigenvalue weighted by atomic mass is 9.83. The van der Waals surface area contributed by atoms with Gasteiger partial charge in [-0.05, 0) is 59.1 Å². The molecule has 0 radical (unpaired) electrons. The molecule has 2 amide bonds. The fourth-order valence-corrected chi connectivity index (χ4v) is 3.83. The van der Waals surface area contributed by atoms with E-state index in [0.717, 1.165) is 16.6 Å². The van der Waals surface area contributed by atoms with E-state index in [2.05, 4.69) is 15.6 Å². The van der Waals surface area contributed by atoms with Gasteiger partial charge in [0.25, 0.3) is 0 Å². The summed E-state index contributed by atoms with van der Waals surface area (Å²) < 4.78 is 68.5. The molecule has 3 rings (SSSR count). The average Bonchev–Trinajstić information content (AvgIpc) is 2.77. The maximum Gasteiger partial charge on any atom is 0.522 e. The summed E-state index contributed by atoms with van der Waals surface area (Å²) in [5.74, 6) is -0.254. The van der Waals surface area contributed by atoms with Crippen LogP contribution in [0.5, 0.6) is 0 Å². The highest BCUT2D eigenvalue weighted by Crippen LogP contribution is 2.29. The number of benzene rings is 1. The minimum atomic E-state index is -5.84. The number of amides is 2. The van der Waals surface area contributed by atoms with Gasteiger partial charge >= 0.3 is 21.7 Å². The smallest absolute Gasteiger partial charge is 0.444 e. The molecule has 1 aromatic heterocycles. The number of alkyl halides is 3. The highest BCUT2D eigenvalue weighted by atomic mass is 32.2. The largest absolute Gasteiger partial charge is 0.522 e. The summed E-state index contributed by atoms with van der Waals surface area (Å²) in [6, 6.07) is 9.53. The number of rotatable bonds is 4. The average molecular weight is 564 g/mol. The number of hydrogen-bond donors (Lipinski definition) is 3. The van der Waals surface area contributed by atoms with Crippen LogP contribution in [-0.2, 0) is 24.4 Å². The molecule has 0 unspecified atom stereocenters. The number of ether oxygens (including phenoxy) is 2. The minimum Gasteiger partial charge on any atom is -0.444 e. The van der Waals surface area contributed by atoms with Gasteiger partial charge in [-0.1, -0.05) is 18.2 Å². The maximum atomic E-state index is 13.0. The van der Waals surface area contributed by atoms with Crippen LogP contribution < -0.4 is 10.6 Å². The van der Waals surface area contributed by atoms with Crippen molar-refractivity contribution in [3.05, 3.63) is 36.0 Å². The Balaban J connectivity index is 0.000000550. The van der Waals surface area contributed by atoms with E-state index in [1.54, 1.807) is 7.11 Å². The Labute approximate surface area is 219 Å². The lowest BCUT2D eigenvalue weighted by molar-refractivity contribution is -0.122. The standard InChI is InChI=1S/C23H31N3O4.CHF3O3S/c1-14-9-10-15-7-6-8-18(20(15)24-14)25-21(27)16-11-12-17(19(13-16)29-5)26-22(28)30-23(2,3)4;2-1(3,4)8(5,6)7/h6-10,16-17,19H,11-13H2,1-5H3,(H,25,27)(H,26,28);(H,5,6,7)/t16-,17-,19-;/m1./s1. The number of halogens is 3. The normalized spacial score (nSPS) is 20.2. The van der Waals surface area contributed by atoms with Gasteiger partial charge < -0.3 is 20.1 Å². The van der Waals surface area contributed by atoms with E-state index in [1.807, 2.05) is 58.0 Å². The Morgan fingerprint density at radius 3 is 2.29 bits per heavy atom. The number of nitrogens with one attached hydrogen (secondary N) is 2. The Bertz CT molecular complexity index is 1250. The molecule has 38 heavy (non-hydrogen) atoms. The van der Waals surface area contributed by atoms with E-state index >= 15 is 0 Å². The zero-order valence-corrected chi connectivity index (χ0v) is 22.4. The number of aromatic nitrogens is 1. The van der Waals surface area contributed by atoms with Crippen molar-refractivity contribution in [3.63, 3.8) is 0 Å². The molecule has 1 heterocycles. The van der Waals surface area contributed by atoms with Crippen LogP contribution in [0.25, 0.3) is 10.9 Å². The van der Waals surface area contributed by atoms with Crippen LogP contribution in [0.2, 0.25) is 0 Å². The fraction of sp³-hybridized carbons (Fsp3) is 0.542. The molecule has 1 aliphatic rings. The number of aryl methyl sites for hydroxylation is 1. The number of methoxy groups -OCH3 is 1. The first-order chi connectivity index (χ1) is 17.4. The van der Waals surface area contributed by atoms with Gasteiger partial charge in [0, 0.05) is 24.1 Å². The van der Waals surface area contributed by atoms with E-state index in [1.165, 1.54) is 0 Å². The van der Waals surface area contributed by atoms with Gasteiger partial charge in [-0.15, -0.1) is 0 Å². The number of para-hydroxylation sites is 1. The van der Waals surface area contributed by atoms with Gasteiger partial charge in [0.05, 0.1) is 23.3 Å². The number of carbonyl (C=O) groups is 2. The number of anilines is 1.